The number of ether oxygens (including phenoxy) is 1. The standard InChI is InChI=1S/C16H30N4O4S2.HI/c1-3-17-16(19-7-4-14(5-8-19)15(21)24-2)18-6-13-26(22,23)20-9-11-25-12-10-20;/h14H,3-13H2,1-2H3,(H,17,18);1H. The van der Waals surface area contributed by atoms with Crippen molar-refractivity contribution in [3.05, 3.63) is 0 Å². The summed E-state index contributed by atoms with van der Waals surface area (Å²) in [5, 5.41) is 3.22. The van der Waals surface area contributed by atoms with Crippen LogP contribution in [0.1, 0.15) is 19.8 Å². The third-order valence-corrected chi connectivity index (χ3v) is 7.43. The summed E-state index contributed by atoms with van der Waals surface area (Å²) in [4.78, 5) is 18.2. The zero-order valence-electron chi connectivity index (χ0n) is 16.1. The van der Waals surface area contributed by atoms with Gasteiger partial charge in [-0.1, -0.05) is 0 Å². The number of piperidine rings is 1. The monoisotopic (exact) mass is 534 g/mol. The van der Waals surface area contributed by atoms with Gasteiger partial charge in [0.1, 0.15) is 0 Å². The first-order valence-corrected chi connectivity index (χ1v) is 11.9. The molecule has 2 aliphatic rings. The summed E-state index contributed by atoms with van der Waals surface area (Å²) >= 11 is 1.79. The van der Waals surface area contributed by atoms with Crippen molar-refractivity contribution in [2.45, 2.75) is 19.8 Å². The molecule has 158 valence electrons. The molecule has 0 radical (unpaired) electrons. The van der Waals surface area contributed by atoms with Crippen LogP contribution in [0.5, 0.6) is 0 Å². The molecular formula is C16H31IN4O4S2. The first-order chi connectivity index (χ1) is 12.5. The average molecular weight is 534 g/mol. The van der Waals surface area contributed by atoms with Gasteiger partial charge in [-0.05, 0) is 19.8 Å². The predicted molar refractivity (Wildman–Crippen MR) is 120 cm³/mol. The number of sulfonamides is 1. The Kier molecular flexibility index (Phi) is 11.3. The van der Waals surface area contributed by atoms with Gasteiger partial charge in [-0.3, -0.25) is 9.79 Å². The molecule has 0 atom stereocenters. The van der Waals surface area contributed by atoms with Crippen LogP contribution >= 0.6 is 35.7 Å². The number of esters is 1. The molecule has 0 saturated carbocycles. The number of nitrogens with one attached hydrogen (secondary N) is 1. The van der Waals surface area contributed by atoms with Gasteiger partial charge in [0.15, 0.2) is 5.96 Å². The van der Waals surface area contributed by atoms with E-state index in [1.807, 2.05) is 6.92 Å². The molecule has 1 N–H and O–H groups in total. The molecule has 2 fully saturated rings. The number of methoxy groups -OCH3 is 1. The van der Waals surface area contributed by atoms with Crippen LogP contribution in [0.4, 0.5) is 0 Å². The quantitative estimate of drug-likeness (QED) is 0.234. The number of halogens is 1. The maximum Gasteiger partial charge on any atom is 0.308 e. The highest BCUT2D eigenvalue weighted by Crippen LogP contribution is 2.18. The molecule has 0 aliphatic carbocycles. The number of guanidine groups is 1. The van der Waals surface area contributed by atoms with Crippen LogP contribution in [0.15, 0.2) is 4.99 Å². The number of thioether (sulfide) groups is 1. The van der Waals surface area contributed by atoms with Crippen molar-refractivity contribution in [3.63, 3.8) is 0 Å². The van der Waals surface area contributed by atoms with E-state index in [4.69, 9.17) is 4.74 Å². The SMILES string of the molecule is CCNC(=NCCS(=O)(=O)N1CCSCC1)N1CCC(C(=O)OC)CC1.I. The van der Waals surface area contributed by atoms with Gasteiger partial charge in [-0.2, -0.15) is 11.8 Å². The van der Waals surface area contributed by atoms with Crippen LogP contribution < -0.4 is 5.32 Å². The van der Waals surface area contributed by atoms with Crippen LogP contribution in [0.3, 0.4) is 0 Å². The lowest BCUT2D eigenvalue weighted by Gasteiger charge is -2.33. The van der Waals surface area contributed by atoms with Crippen molar-refractivity contribution in [2.24, 2.45) is 10.9 Å². The highest BCUT2D eigenvalue weighted by atomic mass is 127. The van der Waals surface area contributed by atoms with Crippen molar-refractivity contribution in [1.82, 2.24) is 14.5 Å². The fourth-order valence-electron chi connectivity index (χ4n) is 3.14. The number of hydrogen-bond acceptors (Lipinski definition) is 6. The summed E-state index contributed by atoms with van der Waals surface area (Å²) in [7, 11) is -1.82. The van der Waals surface area contributed by atoms with Crippen LogP contribution in [0.25, 0.3) is 0 Å². The number of carbonyl (C=O) groups excluding carboxylic acids is 1. The highest BCUT2D eigenvalue weighted by Gasteiger charge is 2.27. The Morgan fingerprint density at radius 3 is 2.41 bits per heavy atom. The van der Waals surface area contributed by atoms with Gasteiger partial charge in [0.2, 0.25) is 10.0 Å². The van der Waals surface area contributed by atoms with Crippen molar-refractivity contribution < 1.29 is 17.9 Å². The summed E-state index contributed by atoms with van der Waals surface area (Å²) in [6, 6.07) is 0. The van der Waals surface area contributed by atoms with Gasteiger partial charge in [-0.15, -0.1) is 24.0 Å². The van der Waals surface area contributed by atoms with E-state index >= 15 is 0 Å². The summed E-state index contributed by atoms with van der Waals surface area (Å²) < 4.78 is 31.2. The topological polar surface area (TPSA) is 91.3 Å². The van der Waals surface area contributed by atoms with Gasteiger partial charge >= 0.3 is 5.97 Å². The number of nitrogens with zero attached hydrogens (tertiary/aromatic N) is 3. The van der Waals surface area contributed by atoms with E-state index in [1.54, 1.807) is 16.1 Å². The Morgan fingerprint density at radius 2 is 1.85 bits per heavy atom. The molecule has 2 aliphatic heterocycles. The lowest BCUT2D eigenvalue weighted by Crippen LogP contribution is -2.47. The molecule has 8 nitrogen and oxygen atoms in total. The van der Waals surface area contributed by atoms with Gasteiger partial charge in [-0.25, -0.2) is 12.7 Å². The minimum Gasteiger partial charge on any atom is -0.469 e. The Morgan fingerprint density at radius 1 is 1.22 bits per heavy atom. The summed E-state index contributed by atoms with van der Waals surface area (Å²) in [6.07, 6.45) is 1.45. The first-order valence-electron chi connectivity index (χ1n) is 9.14. The molecule has 2 heterocycles. The number of aliphatic imine (C=N–C) groups is 1. The van der Waals surface area contributed by atoms with Crippen molar-refractivity contribution in [2.75, 3.05) is 63.6 Å². The smallest absolute Gasteiger partial charge is 0.308 e. The Labute approximate surface area is 183 Å². The lowest BCUT2D eigenvalue weighted by molar-refractivity contribution is -0.146. The molecule has 0 aromatic heterocycles. The Balaban J connectivity index is 0.00000364. The zero-order valence-corrected chi connectivity index (χ0v) is 20.0. The van der Waals surface area contributed by atoms with E-state index in [-0.39, 0.29) is 48.2 Å². The van der Waals surface area contributed by atoms with Crippen LogP contribution in [0.2, 0.25) is 0 Å². The van der Waals surface area contributed by atoms with Gasteiger partial charge in [0.05, 0.1) is 25.3 Å². The second-order valence-corrected chi connectivity index (χ2v) is 9.66. The molecular weight excluding hydrogens is 503 g/mol. The Hall–Kier alpha value is -0.270. The molecule has 2 rings (SSSR count). The van der Waals surface area contributed by atoms with Crippen molar-refractivity contribution >= 4 is 57.7 Å². The van der Waals surface area contributed by atoms with E-state index in [9.17, 15) is 13.2 Å². The second kappa shape index (κ2) is 12.3. The fourth-order valence-corrected chi connectivity index (χ4v) is 5.59. The number of rotatable bonds is 6. The maximum atomic E-state index is 12.4. The summed E-state index contributed by atoms with van der Waals surface area (Å²) in [5.74, 6) is 2.26. The average Bonchev–Trinajstić information content (AvgIpc) is 2.67. The molecule has 0 bridgehead atoms. The minimum atomic E-state index is -3.24. The van der Waals surface area contributed by atoms with E-state index in [0.717, 1.165) is 30.3 Å². The third-order valence-electron chi connectivity index (χ3n) is 4.64. The van der Waals surface area contributed by atoms with Crippen LogP contribution in [-0.2, 0) is 19.6 Å². The normalized spacial score (nSPS) is 20.1. The molecule has 0 aromatic carbocycles. The molecule has 27 heavy (non-hydrogen) atoms. The fraction of sp³-hybridized carbons (Fsp3) is 0.875. The molecule has 0 amide bonds. The van der Waals surface area contributed by atoms with Gasteiger partial charge in [0, 0.05) is 44.2 Å². The van der Waals surface area contributed by atoms with Crippen LogP contribution in [-0.4, -0.2) is 93.2 Å². The molecule has 11 heteroatoms. The number of carbonyl (C=O) groups is 1. The van der Waals surface area contributed by atoms with E-state index in [2.05, 4.69) is 15.2 Å². The second-order valence-electron chi connectivity index (χ2n) is 6.35. The van der Waals surface area contributed by atoms with Gasteiger partial charge < -0.3 is 15.0 Å². The van der Waals surface area contributed by atoms with Gasteiger partial charge in [0.25, 0.3) is 0 Å². The van der Waals surface area contributed by atoms with E-state index in [0.29, 0.717) is 32.7 Å². The lowest BCUT2D eigenvalue weighted by atomic mass is 9.97. The van der Waals surface area contributed by atoms with E-state index < -0.39 is 10.0 Å². The van der Waals surface area contributed by atoms with Crippen LogP contribution in [0, 0.1) is 5.92 Å². The van der Waals surface area contributed by atoms with Crippen molar-refractivity contribution in [1.29, 1.82) is 0 Å². The molecule has 0 unspecified atom stereocenters. The predicted octanol–water partition coefficient (Wildman–Crippen LogP) is 0.834. The summed E-state index contributed by atoms with van der Waals surface area (Å²) in [6.45, 7) is 5.55. The summed E-state index contributed by atoms with van der Waals surface area (Å²) in [5.41, 5.74) is 0. The highest BCUT2D eigenvalue weighted by molar-refractivity contribution is 14.0. The number of likely N-dealkylation sites (tertiary alicyclic amines) is 1. The zero-order chi connectivity index (χ0) is 19.0. The number of hydrogen-bond donors (Lipinski definition) is 1. The first kappa shape index (κ1) is 24.8. The molecule has 0 spiro atoms. The van der Waals surface area contributed by atoms with Crippen molar-refractivity contribution in [3.8, 4) is 0 Å². The largest absolute Gasteiger partial charge is 0.469 e. The molecule has 2 saturated heterocycles. The Bertz CT molecular complexity index is 589. The maximum absolute atomic E-state index is 12.4. The minimum absolute atomic E-state index is 0. The molecule has 0 aromatic rings. The third kappa shape index (κ3) is 7.58. The van der Waals surface area contributed by atoms with E-state index in [1.165, 1.54) is 7.11 Å².